The molecule has 0 amide bonds. The molecule has 154 valence electrons. The Morgan fingerprint density at radius 2 is 1.41 bits per heavy atom. The fourth-order valence-corrected chi connectivity index (χ4v) is 4.66. The van der Waals surface area contributed by atoms with Gasteiger partial charge in [-0.2, -0.15) is 0 Å². The second-order valence-electron chi connectivity index (χ2n) is 7.06. The Hall–Kier alpha value is 0.630. The van der Waals surface area contributed by atoms with E-state index < -0.39 is 0 Å². The third kappa shape index (κ3) is 9.32. The van der Waals surface area contributed by atoms with E-state index in [0.29, 0.717) is 0 Å². The first kappa shape index (κ1) is 23.9. The van der Waals surface area contributed by atoms with Crippen molar-refractivity contribution in [2.45, 2.75) is 19.4 Å². The van der Waals surface area contributed by atoms with Gasteiger partial charge in [-0.1, -0.05) is 34.2 Å². The first-order chi connectivity index (χ1) is 13.0. The number of hydrogen-bond acceptors (Lipinski definition) is 5. The Bertz CT molecular complexity index is 569. The molecule has 0 aliphatic carbocycles. The maximum absolute atomic E-state index is 5.36. The lowest BCUT2D eigenvalue weighted by molar-refractivity contribution is 0.231. The minimum absolute atomic E-state index is 0.887. The van der Waals surface area contributed by atoms with Gasteiger partial charge in [0.1, 0.15) is 5.75 Å². The van der Waals surface area contributed by atoms with Crippen molar-refractivity contribution in [1.29, 1.82) is 0 Å². The molecular weight excluding hydrogens is 461 g/mol. The molecule has 1 aliphatic heterocycles. The molecule has 1 fully saturated rings. The average molecular weight is 495 g/mol. The smallest absolute Gasteiger partial charge is 0.133 e. The van der Waals surface area contributed by atoms with E-state index in [1.165, 1.54) is 18.4 Å². The fourth-order valence-electron chi connectivity index (χ4n) is 3.17. The van der Waals surface area contributed by atoms with Crippen LogP contribution in [0.2, 0.25) is 0 Å². The third-order valence-electron chi connectivity index (χ3n) is 4.81. The van der Waals surface area contributed by atoms with E-state index in [1.807, 2.05) is 6.07 Å². The van der Waals surface area contributed by atoms with Crippen LogP contribution in [-0.4, -0.2) is 78.4 Å². The minimum atomic E-state index is 0.887. The van der Waals surface area contributed by atoms with Crippen LogP contribution >= 0.6 is 44.1 Å². The van der Waals surface area contributed by atoms with E-state index in [1.54, 1.807) is 7.11 Å². The number of benzene rings is 1. The normalized spacial score (nSPS) is 21.1. The Kier molecular flexibility index (Phi) is 11.5. The molecule has 0 bridgehead atoms. The molecule has 1 saturated heterocycles. The van der Waals surface area contributed by atoms with E-state index in [0.717, 1.165) is 69.1 Å². The highest BCUT2D eigenvalue weighted by Gasteiger charge is 2.12. The van der Waals surface area contributed by atoms with Gasteiger partial charge < -0.3 is 4.74 Å². The molecule has 1 aliphatic rings. The minimum Gasteiger partial charge on any atom is -0.496 e. The lowest BCUT2D eigenvalue weighted by Gasteiger charge is -2.28. The van der Waals surface area contributed by atoms with Crippen LogP contribution in [0, 0.1) is 0 Å². The highest BCUT2D eigenvalue weighted by Crippen LogP contribution is 2.26. The van der Waals surface area contributed by atoms with Crippen molar-refractivity contribution in [3.05, 3.63) is 28.2 Å². The Morgan fingerprint density at radius 3 is 1.96 bits per heavy atom. The van der Waals surface area contributed by atoms with Crippen molar-refractivity contribution in [3.8, 4) is 5.75 Å². The van der Waals surface area contributed by atoms with E-state index in [9.17, 15) is 0 Å². The standard InChI is InChI=1S/C18H34BrN4OP3/c1-24-18-5-4-16(14-17(18)19)15-20-6-2-7-22(26)12-13-23(27)9-3-8-21(25)11-10-20/h4-5,14H,2-3,6-13,15,25-27H2,1H3. The summed E-state index contributed by atoms with van der Waals surface area (Å²) in [6, 6.07) is 6.39. The van der Waals surface area contributed by atoms with Crippen molar-refractivity contribution in [2.75, 3.05) is 59.5 Å². The Balaban J connectivity index is 1.97. The SMILES string of the molecule is COc1ccc(CN2CCCN(P)CCN(P)CCCN(P)CC2)cc1Br. The summed E-state index contributed by atoms with van der Waals surface area (Å²) in [5.41, 5.74) is 1.32. The van der Waals surface area contributed by atoms with Crippen LogP contribution in [0.3, 0.4) is 0 Å². The van der Waals surface area contributed by atoms with Crippen LogP contribution in [0.5, 0.6) is 5.75 Å². The zero-order chi connectivity index (χ0) is 19.6. The van der Waals surface area contributed by atoms with Crippen molar-refractivity contribution >= 4 is 44.1 Å². The van der Waals surface area contributed by atoms with Gasteiger partial charge in [0.15, 0.2) is 0 Å². The van der Waals surface area contributed by atoms with E-state index in [-0.39, 0.29) is 0 Å². The van der Waals surface area contributed by atoms with E-state index in [4.69, 9.17) is 4.74 Å². The summed E-state index contributed by atoms with van der Waals surface area (Å²) in [5, 5.41) is 0. The zero-order valence-electron chi connectivity index (χ0n) is 16.3. The predicted octanol–water partition coefficient (Wildman–Crippen LogP) is 3.33. The lowest BCUT2D eigenvalue weighted by atomic mass is 10.2. The van der Waals surface area contributed by atoms with Crippen LogP contribution in [0.4, 0.5) is 0 Å². The highest BCUT2D eigenvalue weighted by molar-refractivity contribution is 9.10. The van der Waals surface area contributed by atoms with Gasteiger partial charge in [-0.25, -0.2) is 0 Å². The summed E-state index contributed by atoms with van der Waals surface area (Å²) >= 11 is 3.61. The zero-order valence-corrected chi connectivity index (χ0v) is 21.4. The van der Waals surface area contributed by atoms with Crippen molar-refractivity contribution in [2.24, 2.45) is 0 Å². The molecule has 1 heterocycles. The van der Waals surface area contributed by atoms with Gasteiger partial charge in [0.2, 0.25) is 0 Å². The van der Waals surface area contributed by atoms with Crippen LogP contribution < -0.4 is 4.74 Å². The number of nitrogens with zero attached hydrogens (tertiary/aromatic N) is 4. The molecule has 0 N–H and O–H groups in total. The van der Waals surface area contributed by atoms with Gasteiger partial charge in [0.05, 0.1) is 11.6 Å². The fraction of sp³-hybridized carbons (Fsp3) is 0.667. The number of hydrogen-bond donors (Lipinski definition) is 0. The molecule has 9 heteroatoms. The predicted molar refractivity (Wildman–Crippen MR) is 129 cm³/mol. The molecule has 0 aromatic heterocycles. The van der Waals surface area contributed by atoms with Gasteiger partial charge in [-0.05, 0) is 53.0 Å². The summed E-state index contributed by atoms with van der Waals surface area (Å²) in [6.07, 6.45) is 2.36. The second-order valence-corrected chi connectivity index (χ2v) is 10.1. The molecule has 1 aromatic rings. The molecule has 0 radical (unpaired) electrons. The maximum Gasteiger partial charge on any atom is 0.133 e. The quantitative estimate of drug-likeness (QED) is 0.599. The molecule has 5 nitrogen and oxygen atoms in total. The number of methoxy groups -OCH3 is 1. The van der Waals surface area contributed by atoms with Gasteiger partial charge in [0, 0.05) is 52.4 Å². The molecule has 3 unspecified atom stereocenters. The second kappa shape index (κ2) is 13.0. The Labute approximate surface area is 180 Å². The summed E-state index contributed by atoms with van der Waals surface area (Å²) in [6.45, 7) is 9.75. The molecule has 1 aromatic carbocycles. The first-order valence-corrected chi connectivity index (χ1v) is 11.9. The van der Waals surface area contributed by atoms with Gasteiger partial charge >= 0.3 is 0 Å². The largest absolute Gasteiger partial charge is 0.496 e. The van der Waals surface area contributed by atoms with Crippen LogP contribution in [-0.2, 0) is 6.54 Å². The number of halogens is 1. The lowest BCUT2D eigenvalue weighted by Crippen LogP contribution is -2.35. The van der Waals surface area contributed by atoms with Crippen LogP contribution in [0.1, 0.15) is 18.4 Å². The van der Waals surface area contributed by atoms with Crippen LogP contribution in [0.25, 0.3) is 0 Å². The summed E-state index contributed by atoms with van der Waals surface area (Å²) in [5.74, 6) is 0.887. The molecule has 0 spiro atoms. The van der Waals surface area contributed by atoms with E-state index in [2.05, 4.69) is 75.1 Å². The van der Waals surface area contributed by atoms with Gasteiger partial charge in [0.25, 0.3) is 0 Å². The summed E-state index contributed by atoms with van der Waals surface area (Å²) in [4.78, 5) is 2.57. The molecule has 2 rings (SSSR count). The van der Waals surface area contributed by atoms with Gasteiger partial charge in [-0.3, -0.25) is 18.9 Å². The van der Waals surface area contributed by atoms with Crippen molar-refractivity contribution in [1.82, 2.24) is 18.9 Å². The molecule has 3 atom stereocenters. The third-order valence-corrected chi connectivity index (χ3v) is 6.98. The van der Waals surface area contributed by atoms with Crippen molar-refractivity contribution in [3.63, 3.8) is 0 Å². The monoisotopic (exact) mass is 494 g/mol. The van der Waals surface area contributed by atoms with Gasteiger partial charge in [-0.15, -0.1) is 0 Å². The summed E-state index contributed by atoms with van der Waals surface area (Å²) in [7, 11) is 10.4. The van der Waals surface area contributed by atoms with E-state index >= 15 is 0 Å². The number of ether oxygens (including phenoxy) is 1. The maximum atomic E-state index is 5.36. The molecule has 0 saturated carbocycles. The average Bonchev–Trinajstić information content (AvgIpc) is 2.64. The topological polar surface area (TPSA) is 22.2 Å². The molecule has 27 heavy (non-hydrogen) atoms. The van der Waals surface area contributed by atoms with Crippen LogP contribution in [0.15, 0.2) is 22.7 Å². The highest BCUT2D eigenvalue weighted by atomic mass is 79.9. The Morgan fingerprint density at radius 1 is 0.852 bits per heavy atom. The summed E-state index contributed by atoms with van der Waals surface area (Å²) < 4.78 is 13.5. The first-order valence-electron chi connectivity index (χ1n) is 9.51. The van der Waals surface area contributed by atoms with Crippen molar-refractivity contribution < 1.29 is 4.74 Å². The number of rotatable bonds is 3. The molecular formula is C18H34BrN4OP3.